The summed E-state index contributed by atoms with van der Waals surface area (Å²) in [6.07, 6.45) is 0.431. The zero-order chi connectivity index (χ0) is 18.1. The van der Waals surface area contributed by atoms with E-state index in [-0.39, 0.29) is 11.9 Å². The van der Waals surface area contributed by atoms with E-state index in [0.29, 0.717) is 24.3 Å². The fourth-order valence-corrected chi connectivity index (χ4v) is 3.14. The molecule has 0 unspecified atom stereocenters. The lowest BCUT2D eigenvalue weighted by molar-refractivity contribution is -0.115. The van der Waals surface area contributed by atoms with Crippen LogP contribution in [-0.2, 0) is 15.3 Å². The van der Waals surface area contributed by atoms with Crippen LogP contribution in [0.4, 0.5) is 5.69 Å². The summed E-state index contributed by atoms with van der Waals surface area (Å²) in [5, 5.41) is 2.89. The molecule has 2 aromatic rings. The molecule has 0 saturated carbocycles. The Morgan fingerprint density at radius 3 is 2.60 bits per heavy atom. The van der Waals surface area contributed by atoms with E-state index in [0.717, 1.165) is 17.1 Å². The molecule has 0 radical (unpaired) electrons. The second-order valence-electron chi connectivity index (χ2n) is 5.59. The van der Waals surface area contributed by atoms with Crippen LogP contribution in [0.25, 0.3) is 0 Å². The van der Waals surface area contributed by atoms with Gasteiger partial charge in [0.1, 0.15) is 0 Å². The van der Waals surface area contributed by atoms with E-state index in [1.165, 1.54) is 5.56 Å². The summed E-state index contributed by atoms with van der Waals surface area (Å²) in [5.74, 6) is 1.21. The normalized spacial score (nSPS) is 10.3. The number of thioether (sulfide) groups is 1. The molecule has 0 bridgehead atoms. The number of esters is 1. The molecule has 0 aromatic heterocycles. The molecule has 0 aliphatic heterocycles. The van der Waals surface area contributed by atoms with Gasteiger partial charge in [-0.1, -0.05) is 36.4 Å². The van der Waals surface area contributed by atoms with Crippen LogP contribution in [0.5, 0.6) is 0 Å². The van der Waals surface area contributed by atoms with Gasteiger partial charge in [0, 0.05) is 23.6 Å². The van der Waals surface area contributed by atoms with Crippen molar-refractivity contribution < 1.29 is 14.3 Å². The van der Waals surface area contributed by atoms with Crippen molar-refractivity contribution in [3.63, 3.8) is 0 Å². The molecule has 132 valence electrons. The van der Waals surface area contributed by atoms with E-state index in [1.807, 2.05) is 31.2 Å². The summed E-state index contributed by atoms with van der Waals surface area (Å²) in [5.41, 5.74) is 3.27. The predicted molar refractivity (Wildman–Crippen MR) is 103 cm³/mol. The molecule has 2 rings (SSSR count). The van der Waals surface area contributed by atoms with Gasteiger partial charge >= 0.3 is 5.97 Å². The first-order valence-corrected chi connectivity index (χ1v) is 9.45. The van der Waals surface area contributed by atoms with Crippen LogP contribution in [0.1, 0.15) is 34.8 Å². The van der Waals surface area contributed by atoms with Gasteiger partial charge in [-0.25, -0.2) is 4.79 Å². The third-order valence-corrected chi connectivity index (χ3v) is 4.64. The van der Waals surface area contributed by atoms with E-state index in [2.05, 4.69) is 17.4 Å². The first-order chi connectivity index (χ1) is 12.1. The maximum atomic E-state index is 12.1. The lowest BCUT2D eigenvalue weighted by Crippen LogP contribution is -2.14. The molecule has 4 nitrogen and oxygen atoms in total. The van der Waals surface area contributed by atoms with Gasteiger partial charge in [0.25, 0.3) is 0 Å². The van der Waals surface area contributed by atoms with Gasteiger partial charge in [-0.05, 0) is 37.1 Å². The van der Waals surface area contributed by atoms with Crippen LogP contribution < -0.4 is 5.32 Å². The molecule has 1 amide bonds. The zero-order valence-electron chi connectivity index (χ0n) is 14.6. The lowest BCUT2D eigenvalue weighted by atomic mass is 10.1. The van der Waals surface area contributed by atoms with Gasteiger partial charge in [0.05, 0.1) is 12.2 Å². The Kier molecular flexibility index (Phi) is 7.54. The minimum Gasteiger partial charge on any atom is -0.462 e. The molecule has 0 aliphatic carbocycles. The van der Waals surface area contributed by atoms with E-state index >= 15 is 0 Å². The molecule has 0 atom stereocenters. The molecule has 0 saturated heterocycles. The van der Waals surface area contributed by atoms with Gasteiger partial charge in [0.2, 0.25) is 5.91 Å². The van der Waals surface area contributed by atoms with Crippen molar-refractivity contribution in [1.29, 1.82) is 0 Å². The molecular weight excluding hydrogens is 334 g/mol. The van der Waals surface area contributed by atoms with Crippen LogP contribution in [-0.4, -0.2) is 24.2 Å². The van der Waals surface area contributed by atoms with Crippen molar-refractivity contribution in [2.45, 2.75) is 26.0 Å². The number of ether oxygens (including phenoxy) is 1. The first-order valence-electron chi connectivity index (χ1n) is 8.29. The number of carbonyl (C=O) groups is 2. The standard InChI is InChI=1S/C20H23NO3S/c1-3-24-20(23)17-10-9-15(2)18(13-17)21-19(22)11-12-25-14-16-7-5-4-6-8-16/h4-10,13H,3,11-12,14H2,1-2H3,(H,21,22). The molecule has 1 N–H and O–H groups in total. The highest BCUT2D eigenvalue weighted by Crippen LogP contribution is 2.19. The number of benzene rings is 2. The number of hydrogen-bond donors (Lipinski definition) is 1. The van der Waals surface area contributed by atoms with Gasteiger partial charge < -0.3 is 10.1 Å². The highest BCUT2D eigenvalue weighted by molar-refractivity contribution is 7.98. The average molecular weight is 357 g/mol. The number of hydrogen-bond acceptors (Lipinski definition) is 4. The van der Waals surface area contributed by atoms with Crippen LogP contribution >= 0.6 is 11.8 Å². The first kappa shape index (κ1) is 19.1. The fraction of sp³-hybridized carbons (Fsp3) is 0.300. The molecule has 0 heterocycles. The zero-order valence-corrected chi connectivity index (χ0v) is 15.4. The van der Waals surface area contributed by atoms with Crippen molar-refractivity contribution in [3.8, 4) is 0 Å². The predicted octanol–water partition coefficient (Wildman–Crippen LogP) is 4.43. The Labute approximate surface area is 153 Å². The number of anilines is 1. The molecule has 5 heteroatoms. The van der Waals surface area contributed by atoms with Gasteiger partial charge in [-0.3, -0.25) is 4.79 Å². The monoisotopic (exact) mass is 357 g/mol. The summed E-state index contributed by atoms with van der Waals surface area (Å²) < 4.78 is 4.99. The molecule has 0 spiro atoms. The lowest BCUT2D eigenvalue weighted by Gasteiger charge is -2.10. The van der Waals surface area contributed by atoms with Crippen LogP contribution in [0.2, 0.25) is 0 Å². The van der Waals surface area contributed by atoms with E-state index in [1.54, 1.807) is 30.8 Å². The van der Waals surface area contributed by atoms with Gasteiger partial charge in [-0.2, -0.15) is 11.8 Å². The number of amides is 1. The maximum Gasteiger partial charge on any atom is 0.338 e. The number of aryl methyl sites for hydroxylation is 1. The third kappa shape index (κ3) is 6.27. The Balaban J connectivity index is 1.83. The maximum absolute atomic E-state index is 12.1. The molecular formula is C20H23NO3S. The topological polar surface area (TPSA) is 55.4 Å². The summed E-state index contributed by atoms with van der Waals surface area (Å²) in [7, 11) is 0. The Hall–Kier alpha value is -2.27. The highest BCUT2D eigenvalue weighted by Gasteiger charge is 2.11. The molecule has 0 fully saturated rings. The Bertz CT molecular complexity index is 716. The van der Waals surface area contributed by atoms with E-state index in [4.69, 9.17) is 4.74 Å². The quantitative estimate of drug-likeness (QED) is 0.561. The van der Waals surface area contributed by atoms with E-state index < -0.39 is 0 Å². The SMILES string of the molecule is CCOC(=O)c1ccc(C)c(NC(=O)CCSCc2ccccc2)c1. The van der Waals surface area contributed by atoms with Crippen LogP contribution in [0.3, 0.4) is 0 Å². The van der Waals surface area contributed by atoms with Crippen molar-refractivity contribution >= 4 is 29.3 Å². The molecule has 2 aromatic carbocycles. The van der Waals surface area contributed by atoms with Gasteiger partial charge in [-0.15, -0.1) is 0 Å². The van der Waals surface area contributed by atoms with Crippen molar-refractivity contribution in [2.75, 3.05) is 17.7 Å². The second-order valence-corrected chi connectivity index (χ2v) is 6.69. The Morgan fingerprint density at radius 2 is 1.88 bits per heavy atom. The minimum absolute atomic E-state index is 0.0512. The second kappa shape index (κ2) is 9.89. The number of carbonyl (C=O) groups excluding carboxylic acids is 2. The van der Waals surface area contributed by atoms with Crippen molar-refractivity contribution in [1.82, 2.24) is 0 Å². The van der Waals surface area contributed by atoms with Crippen LogP contribution in [0.15, 0.2) is 48.5 Å². The number of nitrogens with one attached hydrogen (secondary N) is 1. The Morgan fingerprint density at radius 1 is 1.12 bits per heavy atom. The smallest absolute Gasteiger partial charge is 0.338 e. The largest absolute Gasteiger partial charge is 0.462 e. The average Bonchev–Trinajstić information content (AvgIpc) is 2.62. The highest BCUT2D eigenvalue weighted by atomic mass is 32.2. The third-order valence-electron chi connectivity index (χ3n) is 3.61. The molecule has 0 aliphatic rings. The van der Waals surface area contributed by atoms with Crippen molar-refractivity contribution in [2.24, 2.45) is 0 Å². The van der Waals surface area contributed by atoms with Crippen LogP contribution in [0, 0.1) is 6.92 Å². The summed E-state index contributed by atoms with van der Waals surface area (Å²) in [4.78, 5) is 23.9. The summed E-state index contributed by atoms with van der Waals surface area (Å²) in [6.45, 7) is 3.99. The van der Waals surface area contributed by atoms with Gasteiger partial charge in [0.15, 0.2) is 0 Å². The van der Waals surface area contributed by atoms with E-state index in [9.17, 15) is 9.59 Å². The molecule has 25 heavy (non-hydrogen) atoms. The summed E-state index contributed by atoms with van der Waals surface area (Å²) in [6, 6.07) is 15.4. The fourth-order valence-electron chi connectivity index (χ4n) is 2.24. The minimum atomic E-state index is -0.378. The number of rotatable bonds is 8. The summed E-state index contributed by atoms with van der Waals surface area (Å²) >= 11 is 1.73. The van der Waals surface area contributed by atoms with Crippen molar-refractivity contribution in [3.05, 3.63) is 65.2 Å².